The van der Waals surface area contributed by atoms with Crippen LogP contribution >= 0.6 is 11.6 Å². The summed E-state index contributed by atoms with van der Waals surface area (Å²) < 4.78 is 77.9. The highest BCUT2D eigenvalue weighted by Crippen LogP contribution is 2.44. The van der Waals surface area contributed by atoms with Gasteiger partial charge in [-0.3, -0.25) is 9.78 Å². The van der Waals surface area contributed by atoms with Crippen LogP contribution in [-0.4, -0.2) is 55.1 Å². The Labute approximate surface area is 279 Å². The summed E-state index contributed by atoms with van der Waals surface area (Å²) in [7, 11) is -2.15. The second-order valence-electron chi connectivity index (χ2n) is 13.5. The van der Waals surface area contributed by atoms with Gasteiger partial charge < -0.3 is 14.3 Å². The van der Waals surface area contributed by atoms with Crippen molar-refractivity contribution in [3.8, 4) is 16.9 Å². The number of pyridine rings is 1. The minimum Gasteiger partial charge on any atom is -0.411 e. The minimum atomic E-state index is -4.75. The third-order valence-corrected chi connectivity index (χ3v) is 14.2. The van der Waals surface area contributed by atoms with Crippen LogP contribution in [0.4, 0.5) is 22.0 Å². The smallest absolute Gasteiger partial charge is 0.411 e. The summed E-state index contributed by atoms with van der Waals surface area (Å²) in [6.45, 7) is 10.5. The summed E-state index contributed by atoms with van der Waals surface area (Å²) in [6.07, 6.45) is 1.46. The van der Waals surface area contributed by atoms with Crippen LogP contribution in [0, 0.1) is 11.6 Å². The van der Waals surface area contributed by atoms with E-state index in [1.165, 1.54) is 30.6 Å². The van der Waals surface area contributed by atoms with Crippen LogP contribution in [0.2, 0.25) is 23.2 Å². The topological polar surface area (TPSA) is 102 Å². The van der Waals surface area contributed by atoms with Crippen LogP contribution in [-0.2, 0) is 22.0 Å². The molecule has 48 heavy (non-hydrogen) atoms. The molecule has 1 amide bonds. The number of hydrogen-bond acceptors (Lipinski definition) is 6. The molecule has 0 bridgehead atoms. The summed E-state index contributed by atoms with van der Waals surface area (Å²) in [6, 6.07) is 3.26. The number of carbonyl (C=O) groups excluding carboxylic acids is 1. The molecule has 0 radical (unpaired) electrons. The van der Waals surface area contributed by atoms with Crippen molar-refractivity contribution in [3.63, 3.8) is 0 Å². The molecule has 6 rings (SSSR count). The van der Waals surface area contributed by atoms with Crippen LogP contribution < -0.4 is 0 Å². The predicted molar refractivity (Wildman–Crippen MR) is 170 cm³/mol. The van der Waals surface area contributed by atoms with Crippen LogP contribution in [0.25, 0.3) is 22.5 Å². The SMILES string of the molecule is CC(C)(C)[Si](C)(C)OCc1nccc(-c2cnc([C@@H]3CCC4CC(c5c(-n6cc(C(F)(F)F)nn6)ccc(Cl)c5F)=CC(=O)N43)[nH]2)c1F. The Morgan fingerprint density at radius 1 is 1.08 bits per heavy atom. The van der Waals surface area contributed by atoms with Gasteiger partial charge in [-0.2, -0.15) is 13.2 Å². The van der Waals surface area contributed by atoms with Gasteiger partial charge >= 0.3 is 6.18 Å². The Kier molecular flexibility index (Phi) is 8.61. The van der Waals surface area contributed by atoms with Crippen LogP contribution in [0.15, 0.2) is 42.9 Å². The van der Waals surface area contributed by atoms with Crippen molar-refractivity contribution in [1.29, 1.82) is 0 Å². The molecule has 4 aromatic rings. The molecule has 2 aliphatic rings. The number of halogens is 6. The number of carbonyl (C=O) groups is 1. The second kappa shape index (κ2) is 12.2. The van der Waals surface area contributed by atoms with E-state index in [1.807, 2.05) is 0 Å². The summed E-state index contributed by atoms with van der Waals surface area (Å²) in [5.41, 5.74) is -0.268. The van der Waals surface area contributed by atoms with E-state index in [9.17, 15) is 18.0 Å². The fourth-order valence-electron chi connectivity index (χ4n) is 5.85. The van der Waals surface area contributed by atoms with E-state index in [-0.39, 0.29) is 57.2 Å². The molecule has 254 valence electrons. The molecule has 1 fully saturated rings. The lowest BCUT2D eigenvalue weighted by Crippen LogP contribution is -2.40. The molecule has 5 heterocycles. The zero-order valence-electron chi connectivity index (χ0n) is 26.8. The van der Waals surface area contributed by atoms with Crippen molar-refractivity contribution in [2.45, 2.75) is 83.0 Å². The van der Waals surface area contributed by atoms with E-state index in [4.69, 9.17) is 16.0 Å². The third kappa shape index (κ3) is 6.18. The number of hydrogen-bond donors (Lipinski definition) is 1. The van der Waals surface area contributed by atoms with E-state index in [0.717, 1.165) is 4.68 Å². The largest absolute Gasteiger partial charge is 0.436 e. The van der Waals surface area contributed by atoms with Crippen molar-refractivity contribution in [3.05, 3.63) is 82.3 Å². The number of aromatic nitrogens is 6. The number of aromatic amines is 1. The average molecular weight is 706 g/mol. The third-order valence-electron chi connectivity index (χ3n) is 9.47. The lowest BCUT2D eigenvalue weighted by atomic mass is 9.92. The fourth-order valence-corrected chi connectivity index (χ4v) is 6.94. The van der Waals surface area contributed by atoms with Crippen molar-refractivity contribution in [1.82, 2.24) is 34.8 Å². The number of fused-ring (bicyclic) bond motifs is 1. The summed E-state index contributed by atoms with van der Waals surface area (Å²) in [5.74, 6) is -1.37. The predicted octanol–water partition coefficient (Wildman–Crippen LogP) is 8.04. The molecule has 16 heteroatoms. The maximum atomic E-state index is 15.7. The Morgan fingerprint density at radius 3 is 2.52 bits per heavy atom. The Morgan fingerprint density at radius 2 is 1.83 bits per heavy atom. The molecule has 1 N–H and O–H groups in total. The average Bonchev–Trinajstić information content (AvgIpc) is 3.77. The molecule has 2 atom stereocenters. The Balaban J connectivity index is 1.26. The molecule has 0 spiro atoms. The fraction of sp³-hybridized carbons (Fsp3) is 0.406. The van der Waals surface area contributed by atoms with Gasteiger partial charge in [0.15, 0.2) is 25.6 Å². The normalized spacial score (nSPS) is 18.8. The Bertz CT molecular complexity index is 1920. The summed E-state index contributed by atoms with van der Waals surface area (Å²) >= 11 is 6.08. The van der Waals surface area contributed by atoms with Gasteiger partial charge in [-0.05, 0) is 61.2 Å². The van der Waals surface area contributed by atoms with E-state index in [1.54, 1.807) is 11.0 Å². The standard InChI is InChI=1S/C32H33ClF5N7O2Si/c1-31(2,3)48(4,5)47-16-22-28(34)19(10-11-39-22)21-14-40-30(41-21)24-8-6-18-12-17(13-26(46)45(18)24)27-23(9-7-20(33)29(27)35)44-15-25(42-43-44)32(36,37)38/h7,9-11,13-15,18,24H,6,8,12,16H2,1-5H3,(H,40,41)/t18?,24-/m0/s1. The van der Waals surface area contributed by atoms with Gasteiger partial charge in [0.25, 0.3) is 0 Å². The Hall–Kier alpha value is -3.95. The van der Waals surface area contributed by atoms with Crippen molar-refractivity contribution in [2.24, 2.45) is 0 Å². The van der Waals surface area contributed by atoms with Crippen molar-refractivity contribution >= 4 is 31.4 Å². The lowest BCUT2D eigenvalue weighted by Gasteiger charge is -2.36. The lowest BCUT2D eigenvalue weighted by molar-refractivity contribution is -0.141. The van der Waals surface area contributed by atoms with Crippen LogP contribution in [0.1, 0.15) is 68.9 Å². The molecule has 1 aromatic carbocycles. The van der Waals surface area contributed by atoms with E-state index >= 15 is 8.78 Å². The molecule has 1 unspecified atom stereocenters. The zero-order chi connectivity index (χ0) is 34.8. The van der Waals surface area contributed by atoms with Crippen molar-refractivity contribution < 1.29 is 31.2 Å². The van der Waals surface area contributed by atoms with Crippen molar-refractivity contribution in [2.75, 3.05) is 0 Å². The molecule has 2 aliphatic heterocycles. The first-order chi connectivity index (χ1) is 22.5. The molecular weight excluding hydrogens is 673 g/mol. The highest BCUT2D eigenvalue weighted by atomic mass is 35.5. The summed E-state index contributed by atoms with van der Waals surface area (Å²) in [4.78, 5) is 27.1. The van der Waals surface area contributed by atoms with E-state index in [0.29, 0.717) is 30.6 Å². The molecule has 1 saturated heterocycles. The van der Waals surface area contributed by atoms with Gasteiger partial charge in [0.05, 0.1) is 41.4 Å². The number of imidazole rings is 1. The number of rotatable bonds is 7. The molecule has 0 saturated carbocycles. The second-order valence-corrected chi connectivity index (χ2v) is 18.7. The van der Waals surface area contributed by atoms with Gasteiger partial charge in [0, 0.05) is 29.4 Å². The van der Waals surface area contributed by atoms with Gasteiger partial charge in [-0.25, -0.2) is 18.4 Å². The van der Waals surface area contributed by atoms with Gasteiger partial charge in [0.2, 0.25) is 5.91 Å². The van der Waals surface area contributed by atoms with Gasteiger partial charge in [0.1, 0.15) is 11.5 Å². The maximum absolute atomic E-state index is 15.7. The minimum absolute atomic E-state index is 0.0355. The molecule has 0 aliphatic carbocycles. The van der Waals surface area contributed by atoms with Crippen LogP contribution in [0.3, 0.4) is 0 Å². The monoisotopic (exact) mass is 705 g/mol. The molecule has 9 nitrogen and oxygen atoms in total. The number of benzene rings is 1. The highest BCUT2D eigenvalue weighted by Gasteiger charge is 2.43. The number of H-pyrrole nitrogens is 1. The number of alkyl halides is 3. The molecular formula is C32H33ClF5N7O2Si. The quantitative estimate of drug-likeness (QED) is 0.154. The zero-order valence-corrected chi connectivity index (χ0v) is 28.5. The first-order valence-electron chi connectivity index (χ1n) is 15.3. The highest BCUT2D eigenvalue weighted by molar-refractivity contribution is 6.74. The number of amides is 1. The maximum Gasteiger partial charge on any atom is 0.436 e. The van der Waals surface area contributed by atoms with Gasteiger partial charge in [-0.1, -0.05) is 37.6 Å². The summed E-state index contributed by atoms with van der Waals surface area (Å²) in [5, 5.41) is 6.41. The van der Waals surface area contributed by atoms with Gasteiger partial charge in [-0.15, -0.1) is 5.10 Å². The first-order valence-corrected chi connectivity index (χ1v) is 18.6. The van der Waals surface area contributed by atoms with E-state index < -0.39 is 43.8 Å². The molecule has 3 aromatic heterocycles. The number of nitrogens with one attached hydrogen (secondary N) is 1. The number of nitrogens with zero attached hydrogens (tertiary/aromatic N) is 6. The van der Waals surface area contributed by atoms with Crippen LogP contribution in [0.5, 0.6) is 0 Å². The first kappa shape index (κ1) is 33.9. The van der Waals surface area contributed by atoms with E-state index in [2.05, 4.69) is 59.1 Å².